The maximum absolute atomic E-state index is 10.8. The number of allylic oxidation sites excluding steroid dienone is 5. The van der Waals surface area contributed by atoms with Crippen molar-refractivity contribution in [2.75, 3.05) is 6.61 Å². The molecule has 0 unspecified atom stereocenters. The first-order valence-corrected chi connectivity index (χ1v) is 4.03. The van der Waals surface area contributed by atoms with Crippen LogP contribution in [0.4, 0.5) is 0 Å². The maximum atomic E-state index is 10.8. The van der Waals surface area contributed by atoms with Gasteiger partial charge in [-0.15, -0.1) is 0 Å². The van der Waals surface area contributed by atoms with Crippen molar-refractivity contribution in [3.05, 3.63) is 36.5 Å². The number of ether oxygens (including phenoxy) is 1. The van der Waals surface area contributed by atoms with Gasteiger partial charge in [-0.05, 0) is 6.92 Å². The fourth-order valence-corrected chi connectivity index (χ4v) is 0.957. The lowest BCUT2D eigenvalue weighted by Crippen LogP contribution is -1.99. The second-order valence-electron chi connectivity index (χ2n) is 2.46. The lowest BCUT2D eigenvalue weighted by Gasteiger charge is -1.96. The first-order chi connectivity index (χ1) is 5.83. The van der Waals surface area contributed by atoms with E-state index in [-0.39, 0.29) is 11.9 Å². The van der Waals surface area contributed by atoms with Crippen molar-refractivity contribution < 1.29 is 9.53 Å². The highest BCUT2D eigenvalue weighted by atomic mass is 16.5. The van der Waals surface area contributed by atoms with Crippen molar-refractivity contribution in [3.63, 3.8) is 0 Å². The van der Waals surface area contributed by atoms with Gasteiger partial charge in [0.05, 0.1) is 6.61 Å². The Bertz CT molecular complexity index is 224. The zero-order valence-electron chi connectivity index (χ0n) is 7.07. The SMILES string of the molecule is CCOC(=O)/C=C/C1C=CC=C1. The van der Waals surface area contributed by atoms with Gasteiger partial charge in [-0.25, -0.2) is 4.79 Å². The van der Waals surface area contributed by atoms with Crippen LogP contribution in [0.5, 0.6) is 0 Å². The first-order valence-electron chi connectivity index (χ1n) is 4.03. The number of rotatable bonds is 3. The molecule has 0 aromatic heterocycles. The smallest absolute Gasteiger partial charge is 0.330 e. The highest BCUT2D eigenvalue weighted by molar-refractivity contribution is 5.82. The molecule has 0 bridgehead atoms. The van der Waals surface area contributed by atoms with E-state index in [9.17, 15) is 4.79 Å². The molecule has 1 aliphatic rings. The summed E-state index contributed by atoms with van der Waals surface area (Å²) in [6, 6.07) is 0. The zero-order chi connectivity index (χ0) is 8.81. The molecule has 0 aromatic carbocycles. The molecular formula is C10H12O2. The summed E-state index contributed by atoms with van der Waals surface area (Å²) in [7, 11) is 0. The van der Waals surface area contributed by atoms with E-state index in [2.05, 4.69) is 0 Å². The highest BCUT2D eigenvalue weighted by Crippen LogP contribution is 2.09. The van der Waals surface area contributed by atoms with Crippen LogP contribution < -0.4 is 0 Å². The van der Waals surface area contributed by atoms with Crippen molar-refractivity contribution in [1.29, 1.82) is 0 Å². The van der Waals surface area contributed by atoms with Crippen molar-refractivity contribution in [2.24, 2.45) is 5.92 Å². The van der Waals surface area contributed by atoms with E-state index in [0.29, 0.717) is 6.61 Å². The molecule has 2 heteroatoms. The van der Waals surface area contributed by atoms with Gasteiger partial charge in [0.25, 0.3) is 0 Å². The van der Waals surface area contributed by atoms with Crippen LogP contribution in [-0.4, -0.2) is 12.6 Å². The number of hydrogen-bond donors (Lipinski definition) is 0. The van der Waals surface area contributed by atoms with E-state index in [1.807, 2.05) is 30.4 Å². The molecule has 0 aromatic rings. The molecule has 0 atom stereocenters. The van der Waals surface area contributed by atoms with Gasteiger partial charge in [0.1, 0.15) is 0 Å². The molecule has 64 valence electrons. The van der Waals surface area contributed by atoms with Crippen LogP contribution in [-0.2, 0) is 9.53 Å². The normalized spacial score (nSPS) is 16.1. The van der Waals surface area contributed by atoms with Crippen LogP contribution in [0.2, 0.25) is 0 Å². The van der Waals surface area contributed by atoms with Crippen molar-refractivity contribution in [2.45, 2.75) is 6.92 Å². The number of carbonyl (C=O) groups is 1. The Hall–Kier alpha value is -1.31. The van der Waals surface area contributed by atoms with Gasteiger partial charge in [0.15, 0.2) is 0 Å². The number of carbonyl (C=O) groups excluding carboxylic acids is 1. The Morgan fingerprint density at radius 3 is 2.75 bits per heavy atom. The number of esters is 1. The Morgan fingerprint density at radius 1 is 1.50 bits per heavy atom. The van der Waals surface area contributed by atoms with Gasteiger partial charge in [0, 0.05) is 12.0 Å². The minimum absolute atomic E-state index is 0.259. The molecule has 12 heavy (non-hydrogen) atoms. The minimum Gasteiger partial charge on any atom is -0.463 e. The molecule has 0 radical (unpaired) electrons. The average molecular weight is 164 g/mol. The van der Waals surface area contributed by atoms with E-state index in [1.165, 1.54) is 6.08 Å². The maximum Gasteiger partial charge on any atom is 0.330 e. The van der Waals surface area contributed by atoms with Gasteiger partial charge < -0.3 is 4.74 Å². The van der Waals surface area contributed by atoms with Crippen molar-refractivity contribution in [3.8, 4) is 0 Å². The summed E-state index contributed by atoms with van der Waals surface area (Å²) in [5.74, 6) is -0.0133. The summed E-state index contributed by atoms with van der Waals surface area (Å²) in [6.07, 6.45) is 11.2. The lowest BCUT2D eigenvalue weighted by molar-refractivity contribution is -0.137. The topological polar surface area (TPSA) is 26.3 Å². The molecule has 0 heterocycles. The minimum atomic E-state index is -0.272. The molecule has 0 saturated heterocycles. The number of hydrogen-bond acceptors (Lipinski definition) is 2. The fraction of sp³-hybridized carbons (Fsp3) is 0.300. The van der Waals surface area contributed by atoms with E-state index >= 15 is 0 Å². The predicted molar refractivity (Wildman–Crippen MR) is 47.5 cm³/mol. The van der Waals surface area contributed by atoms with E-state index in [4.69, 9.17) is 4.74 Å². The molecule has 0 saturated carbocycles. The largest absolute Gasteiger partial charge is 0.463 e. The van der Waals surface area contributed by atoms with Crippen LogP contribution in [0, 0.1) is 5.92 Å². The summed E-state index contributed by atoms with van der Waals surface area (Å²) in [6.45, 7) is 2.22. The standard InChI is InChI=1S/C10H12O2/c1-2-12-10(11)8-7-9-5-3-4-6-9/h3-9H,2H2,1H3/b8-7+. The summed E-state index contributed by atoms with van der Waals surface area (Å²) in [5.41, 5.74) is 0. The van der Waals surface area contributed by atoms with Crippen LogP contribution in [0.25, 0.3) is 0 Å². The third-order valence-electron chi connectivity index (χ3n) is 1.52. The van der Waals surface area contributed by atoms with Gasteiger partial charge in [0.2, 0.25) is 0 Å². The van der Waals surface area contributed by atoms with Crippen LogP contribution in [0.1, 0.15) is 6.92 Å². The van der Waals surface area contributed by atoms with Crippen LogP contribution >= 0.6 is 0 Å². The molecule has 1 aliphatic carbocycles. The molecule has 0 spiro atoms. The molecule has 0 N–H and O–H groups in total. The molecule has 0 aliphatic heterocycles. The monoisotopic (exact) mass is 164 g/mol. The van der Waals surface area contributed by atoms with E-state index < -0.39 is 0 Å². The molecule has 1 rings (SSSR count). The van der Waals surface area contributed by atoms with Crippen LogP contribution in [0.15, 0.2) is 36.5 Å². The molecule has 2 nitrogen and oxygen atoms in total. The third kappa shape index (κ3) is 2.74. The molecule has 0 amide bonds. The van der Waals surface area contributed by atoms with Gasteiger partial charge in [-0.3, -0.25) is 0 Å². The molecule has 0 fully saturated rings. The van der Waals surface area contributed by atoms with Gasteiger partial charge in [-0.1, -0.05) is 30.4 Å². The highest BCUT2D eigenvalue weighted by Gasteiger charge is 1.99. The second kappa shape index (κ2) is 4.54. The Balaban J connectivity index is 2.34. The van der Waals surface area contributed by atoms with E-state index in [1.54, 1.807) is 6.92 Å². The predicted octanol–water partition coefficient (Wildman–Crippen LogP) is 1.85. The Labute approximate surface area is 72.2 Å². The Kier molecular flexibility index (Phi) is 3.33. The van der Waals surface area contributed by atoms with Crippen molar-refractivity contribution >= 4 is 5.97 Å². The van der Waals surface area contributed by atoms with E-state index in [0.717, 1.165) is 0 Å². The first kappa shape index (κ1) is 8.78. The summed E-state index contributed by atoms with van der Waals surface area (Å²) in [4.78, 5) is 10.8. The zero-order valence-corrected chi connectivity index (χ0v) is 7.07. The van der Waals surface area contributed by atoms with Gasteiger partial charge in [-0.2, -0.15) is 0 Å². The summed E-state index contributed by atoms with van der Waals surface area (Å²) in [5, 5.41) is 0. The van der Waals surface area contributed by atoms with Crippen molar-refractivity contribution in [1.82, 2.24) is 0 Å². The Morgan fingerprint density at radius 2 is 2.17 bits per heavy atom. The van der Waals surface area contributed by atoms with Gasteiger partial charge >= 0.3 is 5.97 Å². The summed E-state index contributed by atoms with van der Waals surface area (Å²) < 4.78 is 4.73. The summed E-state index contributed by atoms with van der Waals surface area (Å²) >= 11 is 0. The fourth-order valence-electron chi connectivity index (χ4n) is 0.957. The third-order valence-corrected chi connectivity index (χ3v) is 1.52. The van der Waals surface area contributed by atoms with Crippen LogP contribution in [0.3, 0.4) is 0 Å². The second-order valence-corrected chi connectivity index (χ2v) is 2.46. The quantitative estimate of drug-likeness (QED) is 0.470. The molecular weight excluding hydrogens is 152 g/mol. The lowest BCUT2D eigenvalue weighted by atomic mass is 10.1. The average Bonchev–Trinajstić information content (AvgIpc) is 2.53.